The summed E-state index contributed by atoms with van der Waals surface area (Å²) in [7, 11) is 0. The van der Waals surface area contributed by atoms with Gasteiger partial charge in [0.15, 0.2) is 23.3 Å². The van der Waals surface area contributed by atoms with Gasteiger partial charge >= 0.3 is 5.97 Å². The first kappa shape index (κ1) is 26.8. The molecule has 0 unspecified atom stereocenters. The molecule has 1 heterocycles. The highest BCUT2D eigenvalue weighted by atomic mass is 79.9. The number of para-hydroxylation sites is 1. The van der Waals surface area contributed by atoms with Gasteiger partial charge in [-0.2, -0.15) is 0 Å². The molecule has 1 amide bonds. The number of benzene rings is 2. The molecule has 186 valence electrons. The number of carbonyl (C=O) groups is 2. The zero-order valence-corrected chi connectivity index (χ0v) is 22.9. The fraction of sp³-hybridized carbons (Fsp3) is 0.346. The highest BCUT2D eigenvalue weighted by Gasteiger charge is 2.32. The van der Waals surface area contributed by atoms with Crippen molar-refractivity contribution in [1.29, 1.82) is 0 Å². The lowest BCUT2D eigenvalue weighted by molar-refractivity contribution is -0.145. The van der Waals surface area contributed by atoms with Crippen molar-refractivity contribution in [2.45, 2.75) is 34.6 Å². The summed E-state index contributed by atoms with van der Waals surface area (Å²) < 4.78 is 16.9. The van der Waals surface area contributed by atoms with Crippen LogP contribution in [-0.2, 0) is 14.3 Å². The number of ether oxygens (including phenoxy) is 3. The van der Waals surface area contributed by atoms with E-state index in [1.165, 1.54) is 11.8 Å². The minimum absolute atomic E-state index is 0.0980. The van der Waals surface area contributed by atoms with E-state index in [4.69, 9.17) is 19.2 Å². The topological polar surface area (TPSA) is 77.4 Å². The van der Waals surface area contributed by atoms with E-state index in [-0.39, 0.29) is 19.1 Å². The van der Waals surface area contributed by atoms with Gasteiger partial charge in [0.05, 0.1) is 28.3 Å². The molecule has 2 aromatic carbocycles. The predicted octanol–water partition coefficient (Wildman–Crippen LogP) is 6.03. The average molecular weight is 561 g/mol. The maximum Gasteiger partial charge on any atom is 0.344 e. The molecular formula is C26H29BrN2O5S. The van der Waals surface area contributed by atoms with Gasteiger partial charge in [0.1, 0.15) is 0 Å². The van der Waals surface area contributed by atoms with Crippen LogP contribution in [0.25, 0.3) is 6.08 Å². The molecule has 0 radical (unpaired) electrons. The van der Waals surface area contributed by atoms with Crippen LogP contribution in [0.2, 0.25) is 0 Å². The Morgan fingerprint density at radius 2 is 1.83 bits per heavy atom. The number of amides is 1. The quantitative estimate of drug-likeness (QED) is 0.275. The molecule has 0 atom stereocenters. The summed E-state index contributed by atoms with van der Waals surface area (Å²) in [6.07, 6.45) is 1.81. The van der Waals surface area contributed by atoms with E-state index in [1.54, 1.807) is 17.9 Å². The summed E-state index contributed by atoms with van der Waals surface area (Å²) in [5.41, 5.74) is 3.75. The van der Waals surface area contributed by atoms with Gasteiger partial charge in [-0.05, 0) is 97.2 Å². The fourth-order valence-electron chi connectivity index (χ4n) is 3.51. The molecule has 9 heteroatoms. The third-order valence-corrected chi connectivity index (χ3v) is 6.72. The van der Waals surface area contributed by atoms with Gasteiger partial charge in [-0.25, -0.2) is 9.79 Å². The van der Waals surface area contributed by atoms with Gasteiger partial charge in [0.2, 0.25) is 0 Å². The molecule has 1 fully saturated rings. The van der Waals surface area contributed by atoms with Gasteiger partial charge in [-0.15, -0.1) is 0 Å². The summed E-state index contributed by atoms with van der Waals surface area (Å²) in [5.74, 6) is 0.306. The lowest BCUT2D eigenvalue weighted by Gasteiger charge is -2.14. The maximum absolute atomic E-state index is 13.1. The van der Waals surface area contributed by atoms with Gasteiger partial charge in [-0.1, -0.05) is 18.2 Å². The second-order valence-corrected chi connectivity index (χ2v) is 9.51. The Balaban J connectivity index is 1.93. The van der Waals surface area contributed by atoms with Crippen LogP contribution in [0, 0.1) is 13.8 Å². The number of nitrogens with zero attached hydrogens (tertiary/aromatic N) is 2. The molecule has 0 aliphatic carbocycles. The number of halogens is 1. The SMILES string of the molecule is CCOC(=O)COc1c(Br)cc(/C=C2/SC(=Nc3c(C)cccc3C)N(CC)C2=O)cc1OCC. The molecule has 1 saturated heterocycles. The van der Waals surface area contributed by atoms with E-state index in [0.29, 0.717) is 39.2 Å². The minimum atomic E-state index is -0.462. The van der Waals surface area contributed by atoms with Gasteiger partial charge in [0.25, 0.3) is 5.91 Å². The van der Waals surface area contributed by atoms with E-state index in [0.717, 1.165) is 22.4 Å². The lowest BCUT2D eigenvalue weighted by Crippen LogP contribution is -2.28. The van der Waals surface area contributed by atoms with Crippen molar-refractivity contribution in [2.75, 3.05) is 26.4 Å². The maximum atomic E-state index is 13.1. The molecule has 35 heavy (non-hydrogen) atoms. The number of likely N-dealkylation sites (N-methyl/N-ethyl adjacent to an activating group) is 1. The van der Waals surface area contributed by atoms with Crippen LogP contribution in [0.15, 0.2) is 44.7 Å². The number of esters is 1. The van der Waals surface area contributed by atoms with E-state index in [2.05, 4.69) is 15.9 Å². The third-order valence-electron chi connectivity index (χ3n) is 5.12. The first-order valence-corrected chi connectivity index (χ1v) is 13.0. The molecule has 1 aliphatic heterocycles. The number of thioether (sulfide) groups is 1. The van der Waals surface area contributed by atoms with Crippen molar-refractivity contribution in [3.63, 3.8) is 0 Å². The van der Waals surface area contributed by atoms with Crippen molar-refractivity contribution >= 4 is 56.5 Å². The molecule has 0 aromatic heterocycles. The summed E-state index contributed by atoms with van der Waals surface area (Å²) in [4.78, 5) is 31.9. The largest absolute Gasteiger partial charge is 0.490 e. The number of aliphatic imine (C=N–C) groups is 1. The van der Waals surface area contributed by atoms with E-state index in [9.17, 15) is 9.59 Å². The van der Waals surface area contributed by atoms with Gasteiger partial charge < -0.3 is 14.2 Å². The summed E-state index contributed by atoms with van der Waals surface area (Å²) in [5, 5.41) is 0.652. The standard InChI is InChI=1S/C26H29BrN2O5S/c1-6-29-25(31)21(35-26(29)28-23-16(4)10-9-11-17(23)5)14-18-12-19(27)24(20(13-18)32-7-2)34-15-22(30)33-8-3/h9-14H,6-8,15H2,1-5H3/b21-14+,28-26?. The number of rotatable bonds is 9. The van der Waals surface area contributed by atoms with Crippen LogP contribution in [-0.4, -0.2) is 48.3 Å². The van der Waals surface area contributed by atoms with E-state index < -0.39 is 5.97 Å². The summed E-state index contributed by atoms with van der Waals surface area (Å²) in [6, 6.07) is 9.63. The Labute approximate surface area is 218 Å². The predicted molar refractivity (Wildman–Crippen MR) is 143 cm³/mol. The minimum Gasteiger partial charge on any atom is -0.490 e. The Hall–Kier alpha value is -2.78. The Morgan fingerprint density at radius 1 is 1.11 bits per heavy atom. The molecule has 0 spiro atoms. The Bertz CT molecular complexity index is 1160. The van der Waals surface area contributed by atoms with Crippen LogP contribution in [0.4, 0.5) is 5.69 Å². The summed E-state index contributed by atoms with van der Waals surface area (Å²) >= 11 is 4.85. The summed E-state index contributed by atoms with van der Waals surface area (Å²) in [6.45, 7) is 10.5. The van der Waals surface area contributed by atoms with Crippen molar-refractivity contribution in [3.05, 3.63) is 56.4 Å². The van der Waals surface area contributed by atoms with Crippen molar-refractivity contribution in [1.82, 2.24) is 4.90 Å². The molecular weight excluding hydrogens is 532 g/mol. The highest BCUT2D eigenvalue weighted by molar-refractivity contribution is 9.10. The fourth-order valence-corrected chi connectivity index (χ4v) is 5.13. The van der Waals surface area contributed by atoms with E-state index >= 15 is 0 Å². The highest BCUT2D eigenvalue weighted by Crippen LogP contribution is 2.40. The van der Waals surface area contributed by atoms with Crippen LogP contribution < -0.4 is 9.47 Å². The molecule has 2 aromatic rings. The van der Waals surface area contributed by atoms with Gasteiger partial charge in [-0.3, -0.25) is 9.69 Å². The molecule has 0 bridgehead atoms. The number of carbonyl (C=O) groups excluding carboxylic acids is 2. The zero-order chi connectivity index (χ0) is 25.5. The zero-order valence-electron chi connectivity index (χ0n) is 20.5. The molecule has 1 aliphatic rings. The van der Waals surface area contributed by atoms with Crippen molar-refractivity contribution in [3.8, 4) is 11.5 Å². The van der Waals surface area contributed by atoms with E-state index in [1.807, 2.05) is 58.0 Å². The molecule has 3 rings (SSSR count). The average Bonchev–Trinajstić information content (AvgIpc) is 3.10. The van der Waals surface area contributed by atoms with Crippen molar-refractivity contribution in [2.24, 2.45) is 4.99 Å². The third kappa shape index (κ3) is 6.46. The smallest absolute Gasteiger partial charge is 0.344 e. The van der Waals surface area contributed by atoms with Crippen LogP contribution >= 0.6 is 27.7 Å². The second kappa shape index (κ2) is 12.3. The Kier molecular flexibility index (Phi) is 9.40. The molecule has 0 saturated carbocycles. The number of aryl methyl sites for hydroxylation is 2. The normalized spacial score (nSPS) is 15.7. The Morgan fingerprint density at radius 3 is 2.46 bits per heavy atom. The monoisotopic (exact) mass is 560 g/mol. The van der Waals surface area contributed by atoms with Gasteiger partial charge in [0, 0.05) is 6.54 Å². The number of hydrogen-bond donors (Lipinski definition) is 0. The lowest BCUT2D eigenvalue weighted by atomic mass is 10.1. The number of amidine groups is 1. The van der Waals surface area contributed by atoms with Crippen LogP contribution in [0.5, 0.6) is 11.5 Å². The first-order chi connectivity index (χ1) is 16.8. The second-order valence-electron chi connectivity index (χ2n) is 7.65. The molecule has 0 N–H and O–H groups in total. The van der Waals surface area contributed by atoms with Crippen LogP contribution in [0.1, 0.15) is 37.5 Å². The van der Waals surface area contributed by atoms with Crippen molar-refractivity contribution < 1.29 is 23.8 Å². The first-order valence-electron chi connectivity index (χ1n) is 11.4. The molecule has 7 nitrogen and oxygen atoms in total. The van der Waals surface area contributed by atoms with Crippen LogP contribution in [0.3, 0.4) is 0 Å². The number of hydrogen-bond acceptors (Lipinski definition) is 7.